The third-order valence-corrected chi connectivity index (χ3v) is 3.31. The monoisotopic (exact) mass is 152 g/mol. The topological polar surface area (TPSA) is 20.2 Å². The van der Waals surface area contributed by atoms with Gasteiger partial charge in [0.1, 0.15) is 0 Å². The molecule has 0 saturated heterocycles. The molecular weight excluding hydrogens is 136 g/mol. The zero-order valence-electron chi connectivity index (χ0n) is 6.92. The van der Waals surface area contributed by atoms with Crippen molar-refractivity contribution >= 4 is 0 Å². The summed E-state index contributed by atoms with van der Waals surface area (Å²) >= 11 is 0. The fraction of sp³-hybridized carbons (Fsp3) is 0.800. The highest BCUT2D eigenvalue weighted by Crippen LogP contribution is 2.44. The van der Waals surface area contributed by atoms with E-state index in [1.54, 1.807) is 0 Å². The summed E-state index contributed by atoms with van der Waals surface area (Å²) in [5.41, 5.74) is 1.31. The molecule has 0 unspecified atom stereocenters. The van der Waals surface area contributed by atoms with Crippen LogP contribution in [0, 0.1) is 11.8 Å². The molecular formula is C10H16O. The van der Waals surface area contributed by atoms with Crippen molar-refractivity contribution < 1.29 is 5.11 Å². The second-order valence-electron chi connectivity index (χ2n) is 3.98. The minimum atomic E-state index is -0.0622. The van der Waals surface area contributed by atoms with Crippen molar-refractivity contribution in [3.8, 4) is 0 Å². The Hall–Kier alpha value is -0.300. The van der Waals surface area contributed by atoms with Gasteiger partial charge in [0, 0.05) is 0 Å². The first-order valence-corrected chi connectivity index (χ1v) is 4.65. The molecule has 62 valence electrons. The number of hydrogen-bond acceptors (Lipinski definition) is 1. The first-order chi connectivity index (χ1) is 5.29. The second-order valence-corrected chi connectivity index (χ2v) is 3.98. The van der Waals surface area contributed by atoms with Crippen LogP contribution in [0.15, 0.2) is 12.2 Å². The molecule has 0 bridgehead atoms. The minimum absolute atomic E-state index is 0.0622. The SMILES string of the molecule is C=C1C[C@H](O)[C@H]2CCCC[C@H]12. The van der Waals surface area contributed by atoms with E-state index in [4.69, 9.17) is 0 Å². The van der Waals surface area contributed by atoms with E-state index in [1.165, 1.54) is 31.3 Å². The number of aliphatic hydroxyl groups is 1. The highest BCUT2D eigenvalue weighted by Gasteiger charge is 2.38. The second kappa shape index (κ2) is 2.63. The van der Waals surface area contributed by atoms with E-state index < -0.39 is 0 Å². The van der Waals surface area contributed by atoms with Crippen LogP contribution in [0.1, 0.15) is 32.1 Å². The molecule has 0 aromatic heterocycles. The van der Waals surface area contributed by atoms with Crippen LogP contribution in [0.5, 0.6) is 0 Å². The molecule has 2 aliphatic carbocycles. The first kappa shape index (κ1) is 7.35. The summed E-state index contributed by atoms with van der Waals surface area (Å²) in [5, 5.41) is 9.63. The molecule has 2 fully saturated rings. The standard InChI is InChI=1S/C10H16O/c1-7-6-10(11)9-5-3-2-4-8(7)9/h8-11H,1-6H2/t8-,9+,10+/m1/s1. The van der Waals surface area contributed by atoms with Gasteiger partial charge < -0.3 is 5.11 Å². The molecule has 2 saturated carbocycles. The van der Waals surface area contributed by atoms with Crippen LogP contribution in [0.25, 0.3) is 0 Å². The van der Waals surface area contributed by atoms with Crippen LogP contribution in [0.4, 0.5) is 0 Å². The Morgan fingerprint density at radius 1 is 1.27 bits per heavy atom. The fourth-order valence-electron chi connectivity index (χ4n) is 2.70. The zero-order valence-corrected chi connectivity index (χ0v) is 6.92. The Morgan fingerprint density at radius 2 is 2.00 bits per heavy atom. The van der Waals surface area contributed by atoms with Crippen molar-refractivity contribution in [2.45, 2.75) is 38.2 Å². The maximum atomic E-state index is 9.63. The number of fused-ring (bicyclic) bond motifs is 1. The Labute approximate surface area is 68.1 Å². The normalized spacial score (nSPS) is 44.1. The van der Waals surface area contributed by atoms with E-state index in [0.29, 0.717) is 11.8 Å². The van der Waals surface area contributed by atoms with Crippen molar-refractivity contribution in [2.24, 2.45) is 11.8 Å². The van der Waals surface area contributed by atoms with Crippen molar-refractivity contribution in [2.75, 3.05) is 0 Å². The fourth-order valence-corrected chi connectivity index (χ4v) is 2.70. The molecule has 0 spiro atoms. The summed E-state index contributed by atoms with van der Waals surface area (Å²) in [4.78, 5) is 0. The third-order valence-electron chi connectivity index (χ3n) is 3.31. The van der Waals surface area contributed by atoms with Crippen molar-refractivity contribution in [3.63, 3.8) is 0 Å². The van der Waals surface area contributed by atoms with Crippen LogP contribution in [0.2, 0.25) is 0 Å². The smallest absolute Gasteiger partial charge is 0.0611 e. The van der Waals surface area contributed by atoms with Crippen LogP contribution in [-0.2, 0) is 0 Å². The van der Waals surface area contributed by atoms with Gasteiger partial charge in [-0.15, -0.1) is 0 Å². The van der Waals surface area contributed by atoms with E-state index >= 15 is 0 Å². The predicted molar refractivity (Wildman–Crippen MR) is 45.2 cm³/mol. The lowest BCUT2D eigenvalue weighted by Crippen LogP contribution is -2.22. The molecule has 11 heavy (non-hydrogen) atoms. The minimum Gasteiger partial charge on any atom is -0.392 e. The summed E-state index contributed by atoms with van der Waals surface area (Å²) in [6.45, 7) is 4.03. The van der Waals surface area contributed by atoms with Gasteiger partial charge in [-0.25, -0.2) is 0 Å². The first-order valence-electron chi connectivity index (χ1n) is 4.65. The van der Waals surface area contributed by atoms with Gasteiger partial charge in [-0.3, -0.25) is 0 Å². The molecule has 2 rings (SSSR count). The predicted octanol–water partition coefficient (Wildman–Crippen LogP) is 2.11. The summed E-state index contributed by atoms with van der Waals surface area (Å²) in [6.07, 6.45) is 5.96. The highest BCUT2D eigenvalue weighted by molar-refractivity contribution is 5.13. The van der Waals surface area contributed by atoms with Crippen molar-refractivity contribution in [1.82, 2.24) is 0 Å². The Kier molecular flexibility index (Phi) is 1.76. The molecule has 1 heteroatoms. The number of rotatable bonds is 0. The van der Waals surface area contributed by atoms with Crippen molar-refractivity contribution in [1.29, 1.82) is 0 Å². The summed E-state index contributed by atoms with van der Waals surface area (Å²) in [7, 11) is 0. The highest BCUT2D eigenvalue weighted by atomic mass is 16.3. The maximum Gasteiger partial charge on any atom is 0.0611 e. The van der Waals surface area contributed by atoms with Crippen LogP contribution >= 0.6 is 0 Å². The van der Waals surface area contributed by atoms with Crippen LogP contribution in [0.3, 0.4) is 0 Å². The average molecular weight is 152 g/mol. The number of hydrogen-bond donors (Lipinski definition) is 1. The molecule has 0 radical (unpaired) electrons. The molecule has 0 heterocycles. The van der Waals surface area contributed by atoms with Gasteiger partial charge in [-0.1, -0.05) is 25.0 Å². The molecule has 0 amide bonds. The van der Waals surface area contributed by atoms with E-state index in [0.717, 1.165) is 6.42 Å². The average Bonchev–Trinajstić information content (AvgIpc) is 2.30. The lowest BCUT2D eigenvalue weighted by Gasteiger charge is -2.26. The molecule has 0 aliphatic heterocycles. The van der Waals surface area contributed by atoms with Gasteiger partial charge in [0.05, 0.1) is 6.10 Å². The largest absolute Gasteiger partial charge is 0.392 e. The van der Waals surface area contributed by atoms with Crippen LogP contribution < -0.4 is 0 Å². The molecule has 1 nitrogen and oxygen atoms in total. The van der Waals surface area contributed by atoms with E-state index in [9.17, 15) is 5.11 Å². The van der Waals surface area contributed by atoms with E-state index in [2.05, 4.69) is 6.58 Å². The third kappa shape index (κ3) is 1.12. The van der Waals surface area contributed by atoms with Gasteiger partial charge in [-0.05, 0) is 31.1 Å². The molecule has 3 atom stereocenters. The summed E-state index contributed by atoms with van der Waals surface area (Å²) < 4.78 is 0. The van der Waals surface area contributed by atoms with Gasteiger partial charge in [0.2, 0.25) is 0 Å². The van der Waals surface area contributed by atoms with Gasteiger partial charge >= 0.3 is 0 Å². The van der Waals surface area contributed by atoms with Gasteiger partial charge in [0.15, 0.2) is 0 Å². The van der Waals surface area contributed by atoms with Crippen molar-refractivity contribution in [3.05, 3.63) is 12.2 Å². The maximum absolute atomic E-state index is 9.63. The quantitative estimate of drug-likeness (QED) is 0.527. The van der Waals surface area contributed by atoms with E-state index in [1.807, 2.05) is 0 Å². The Morgan fingerprint density at radius 3 is 2.73 bits per heavy atom. The van der Waals surface area contributed by atoms with Crippen LogP contribution in [-0.4, -0.2) is 11.2 Å². The Balaban J connectivity index is 2.13. The Bertz CT molecular complexity index is 174. The number of aliphatic hydroxyl groups excluding tert-OH is 1. The molecule has 0 aromatic rings. The molecule has 0 aromatic carbocycles. The van der Waals surface area contributed by atoms with E-state index in [-0.39, 0.29) is 6.10 Å². The molecule has 1 N–H and O–H groups in total. The molecule has 2 aliphatic rings. The van der Waals surface area contributed by atoms with Gasteiger partial charge in [0.25, 0.3) is 0 Å². The lowest BCUT2D eigenvalue weighted by molar-refractivity contribution is 0.0967. The lowest BCUT2D eigenvalue weighted by atomic mass is 9.80. The summed E-state index contributed by atoms with van der Waals surface area (Å²) in [5.74, 6) is 1.23. The zero-order chi connectivity index (χ0) is 7.84. The van der Waals surface area contributed by atoms with Gasteiger partial charge in [-0.2, -0.15) is 0 Å². The summed E-state index contributed by atoms with van der Waals surface area (Å²) in [6, 6.07) is 0.